The molecule has 7 heteroatoms. The van der Waals surface area contributed by atoms with Crippen molar-refractivity contribution >= 4 is 17.9 Å². The number of rotatable bonds is 6. The Labute approximate surface area is 181 Å². The topological polar surface area (TPSA) is 81.3 Å². The summed E-state index contributed by atoms with van der Waals surface area (Å²) in [5, 5.41) is 15.1. The number of nitrogens with one attached hydrogen (secondary N) is 2. The van der Waals surface area contributed by atoms with E-state index in [1.807, 2.05) is 52.8 Å². The van der Waals surface area contributed by atoms with E-state index in [1.165, 1.54) is 6.21 Å². The first kappa shape index (κ1) is 25.2. The van der Waals surface area contributed by atoms with Crippen molar-refractivity contribution in [3.8, 4) is 11.4 Å². The third-order valence-corrected chi connectivity index (χ3v) is 4.42. The van der Waals surface area contributed by atoms with Gasteiger partial charge in [0.05, 0.1) is 0 Å². The first-order chi connectivity index (χ1) is 14.5. The third-order valence-electron chi connectivity index (χ3n) is 4.42. The van der Waals surface area contributed by atoms with E-state index in [2.05, 4.69) is 45.7 Å². The molecule has 3 rings (SSSR count). The van der Waals surface area contributed by atoms with Crippen molar-refractivity contribution in [2.24, 2.45) is 0 Å². The van der Waals surface area contributed by atoms with Crippen LogP contribution in [-0.4, -0.2) is 53.5 Å². The predicted molar refractivity (Wildman–Crippen MR) is 128 cm³/mol. The summed E-state index contributed by atoms with van der Waals surface area (Å²) < 4.78 is 5.49. The second-order valence-corrected chi connectivity index (χ2v) is 6.86. The lowest BCUT2D eigenvalue weighted by Crippen LogP contribution is -2.45. The third kappa shape index (κ3) is 6.61. The molecule has 30 heavy (non-hydrogen) atoms. The van der Waals surface area contributed by atoms with Crippen molar-refractivity contribution in [3.63, 3.8) is 0 Å². The van der Waals surface area contributed by atoms with Gasteiger partial charge in [-0.05, 0) is 26.8 Å². The summed E-state index contributed by atoms with van der Waals surface area (Å²) in [5.41, 5.74) is 3.69. The zero-order valence-electron chi connectivity index (χ0n) is 19.6. The van der Waals surface area contributed by atoms with Crippen LogP contribution < -0.4 is 10.2 Å². The van der Waals surface area contributed by atoms with Crippen LogP contribution >= 0.6 is 0 Å². The van der Waals surface area contributed by atoms with E-state index in [1.54, 1.807) is 0 Å². The Balaban J connectivity index is 0.00000106. The molecule has 0 saturated carbocycles. The van der Waals surface area contributed by atoms with Crippen LogP contribution in [0.25, 0.3) is 11.4 Å². The first-order valence-corrected chi connectivity index (χ1v) is 10.9. The molecule has 1 aliphatic rings. The Hall–Kier alpha value is -2.83. The van der Waals surface area contributed by atoms with Gasteiger partial charge in [-0.15, -0.1) is 0 Å². The van der Waals surface area contributed by atoms with Gasteiger partial charge in [0.15, 0.2) is 0 Å². The Bertz CT molecular complexity index is 791. The molecule has 0 amide bonds. The summed E-state index contributed by atoms with van der Waals surface area (Å²) in [6.07, 6.45) is 1.34. The second kappa shape index (κ2) is 12.7. The number of hydrogen-bond acceptors (Lipinski definition) is 7. The first-order valence-electron chi connectivity index (χ1n) is 10.9. The van der Waals surface area contributed by atoms with Crippen LogP contribution in [0.5, 0.6) is 0 Å². The smallest absolute Gasteiger partial charge is 0.324 e. The standard InChI is InChI=1S/C19H26N6O.2C2H6/c1-13(2)21-17-11-15(5-6-16(17)12-20)18-22-19(26-23-18)25-9-7-24(8-10-25)14(3)4;2*1-2/h5-6,11-13,20-21H,3,7-10H2,1-2,4H3;2*1-2H3. The molecule has 1 fully saturated rings. The summed E-state index contributed by atoms with van der Waals surface area (Å²) in [6.45, 7) is 21.6. The fourth-order valence-corrected chi connectivity index (χ4v) is 3.00. The van der Waals surface area contributed by atoms with E-state index in [4.69, 9.17) is 9.93 Å². The van der Waals surface area contributed by atoms with E-state index >= 15 is 0 Å². The van der Waals surface area contributed by atoms with Crippen molar-refractivity contribution in [3.05, 3.63) is 36.0 Å². The minimum atomic E-state index is 0.273. The van der Waals surface area contributed by atoms with Gasteiger partial charge >= 0.3 is 6.01 Å². The summed E-state index contributed by atoms with van der Waals surface area (Å²) in [6, 6.07) is 6.60. The largest absolute Gasteiger partial charge is 0.382 e. The fourth-order valence-electron chi connectivity index (χ4n) is 3.00. The average Bonchev–Trinajstić information content (AvgIpc) is 3.26. The number of benzene rings is 1. The molecule has 2 aromatic rings. The molecule has 1 aromatic heterocycles. The van der Waals surface area contributed by atoms with E-state index in [0.29, 0.717) is 11.8 Å². The number of allylic oxidation sites excluding steroid dienone is 1. The zero-order chi connectivity index (χ0) is 22.7. The lowest BCUT2D eigenvalue weighted by Gasteiger charge is -2.35. The maximum Gasteiger partial charge on any atom is 0.324 e. The number of aromatic nitrogens is 2. The van der Waals surface area contributed by atoms with Gasteiger partial charge in [0.1, 0.15) is 0 Å². The minimum Gasteiger partial charge on any atom is -0.382 e. The van der Waals surface area contributed by atoms with Crippen LogP contribution in [0.2, 0.25) is 0 Å². The highest BCUT2D eigenvalue weighted by molar-refractivity contribution is 5.87. The van der Waals surface area contributed by atoms with Gasteiger partial charge in [0.25, 0.3) is 0 Å². The average molecular weight is 415 g/mol. The Morgan fingerprint density at radius 3 is 2.33 bits per heavy atom. The van der Waals surface area contributed by atoms with Crippen LogP contribution in [0.3, 0.4) is 0 Å². The number of nitrogens with zero attached hydrogens (tertiary/aromatic N) is 4. The molecular formula is C23H38N6O. The van der Waals surface area contributed by atoms with Gasteiger partial charge in [0, 0.05) is 60.9 Å². The SMILES string of the molecule is C=C(C)N1CCN(c2nc(-c3ccc(C=N)c(NC(C)C)c3)no2)CC1.CC.CC. The Morgan fingerprint density at radius 1 is 1.17 bits per heavy atom. The van der Waals surface area contributed by atoms with Gasteiger partial charge in [-0.1, -0.05) is 51.6 Å². The summed E-state index contributed by atoms with van der Waals surface area (Å²) in [4.78, 5) is 8.94. The fraction of sp³-hybridized carbons (Fsp3) is 0.522. The van der Waals surface area contributed by atoms with Crippen molar-refractivity contribution in [2.75, 3.05) is 36.4 Å². The highest BCUT2D eigenvalue weighted by atomic mass is 16.5. The molecule has 0 atom stereocenters. The Kier molecular flexibility index (Phi) is 10.6. The van der Waals surface area contributed by atoms with Crippen molar-refractivity contribution in [1.82, 2.24) is 15.0 Å². The van der Waals surface area contributed by atoms with Crippen molar-refractivity contribution in [1.29, 1.82) is 5.41 Å². The maximum atomic E-state index is 7.56. The van der Waals surface area contributed by atoms with E-state index in [-0.39, 0.29) is 6.04 Å². The van der Waals surface area contributed by atoms with E-state index in [0.717, 1.165) is 48.7 Å². The molecule has 1 saturated heterocycles. The zero-order valence-corrected chi connectivity index (χ0v) is 19.6. The normalized spacial score (nSPS) is 13.1. The monoisotopic (exact) mass is 414 g/mol. The van der Waals surface area contributed by atoms with Crippen LogP contribution in [0.1, 0.15) is 54.0 Å². The molecule has 0 unspecified atom stereocenters. The highest BCUT2D eigenvalue weighted by Gasteiger charge is 2.21. The van der Waals surface area contributed by atoms with Crippen LogP contribution in [-0.2, 0) is 0 Å². The second-order valence-electron chi connectivity index (χ2n) is 6.86. The molecule has 0 aliphatic carbocycles. The number of piperazine rings is 1. The molecular weight excluding hydrogens is 376 g/mol. The predicted octanol–water partition coefficient (Wildman–Crippen LogP) is 5.26. The van der Waals surface area contributed by atoms with Gasteiger partial charge in [-0.2, -0.15) is 4.98 Å². The number of anilines is 2. The summed E-state index contributed by atoms with van der Waals surface area (Å²) in [5.74, 6) is 0.561. The minimum absolute atomic E-state index is 0.273. The summed E-state index contributed by atoms with van der Waals surface area (Å²) in [7, 11) is 0. The van der Waals surface area contributed by atoms with Gasteiger partial charge < -0.3 is 25.0 Å². The van der Waals surface area contributed by atoms with Crippen molar-refractivity contribution < 1.29 is 4.52 Å². The lowest BCUT2D eigenvalue weighted by atomic mass is 10.1. The maximum absolute atomic E-state index is 7.56. The molecule has 0 bridgehead atoms. The molecule has 0 radical (unpaired) electrons. The van der Waals surface area contributed by atoms with E-state index < -0.39 is 0 Å². The highest BCUT2D eigenvalue weighted by Crippen LogP contribution is 2.26. The quantitative estimate of drug-likeness (QED) is 0.627. The summed E-state index contributed by atoms with van der Waals surface area (Å²) >= 11 is 0. The Morgan fingerprint density at radius 2 is 1.80 bits per heavy atom. The molecule has 1 aromatic carbocycles. The lowest BCUT2D eigenvalue weighted by molar-refractivity contribution is 0.307. The van der Waals surface area contributed by atoms with Crippen LogP contribution in [0, 0.1) is 5.41 Å². The van der Waals surface area contributed by atoms with Crippen molar-refractivity contribution in [2.45, 2.75) is 54.5 Å². The van der Waals surface area contributed by atoms with Crippen LogP contribution in [0.4, 0.5) is 11.7 Å². The molecule has 7 nitrogen and oxygen atoms in total. The van der Waals surface area contributed by atoms with Crippen LogP contribution in [0.15, 0.2) is 35.0 Å². The molecule has 1 aliphatic heterocycles. The number of hydrogen-bond donors (Lipinski definition) is 2. The molecule has 2 N–H and O–H groups in total. The molecule has 2 heterocycles. The molecule has 166 valence electrons. The van der Waals surface area contributed by atoms with Gasteiger partial charge in [-0.25, -0.2) is 0 Å². The molecule has 0 spiro atoms. The van der Waals surface area contributed by atoms with Gasteiger partial charge in [0.2, 0.25) is 5.82 Å². The van der Waals surface area contributed by atoms with E-state index in [9.17, 15) is 0 Å². The van der Waals surface area contributed by atoms with Gasteiger partial charge in [-0.3, -0.25) is 0 Å².